The summed E-state index contributed by atoms with van der Waals surface area (Å²) in [5, 5.41) is 15.8. The van der Waals surface area contributed by atoms with E-state index < -0.39 is 0 Å². The number of benzene rings is 1. The van der Waals surface area contributed by atoms with Crippen molar-refractivity contribution in [2.45, 2.75) is 24.5 Å². The molecule has 1 aromatic heterocycles. The topological polar surface area (TPSA) is 69.3 Å². The summed E-state index contributed by atoms with van der Waals surface area (Å²) in [4.78, 5) is 4.75. The first-order valence-electron chi connectivity index (χ1n) is 8.23. The number of hydrogen-bond acceptors (Lipinski definition) is 6. The Balaban J connectivity index is 1.46. The highest BCUT2D eigenvalue weighted by molar-refractivity contribution is 5.56. The zero-order chi connectivity index (χ0) is 15.2. The lowest BCUT2D eigenvalue weighted by Gasteiger charge is -2.44. The van der Waals surface area contributed by atoms with Crippen LogP contribution >= 0.6 is 0 Å². The van der Waals surface area contributed by atoms with Crippen LogP contribution in [0, 0.1) is 0 Å². The summed E-state index contributed by atoms with van der Waals surface area (Å²) in [5.41, 5.74) is 1.06. The van der Waals surface area contributed by atoms with Gasteiger partial charge in [0.25, 0.3) is 5.95 Å². The number of rotatable bonds is 4. The highest BCUT2D eigenvalue weighted by Gasteiger charge is 2.45. The van der Waals surface area contributed by atoms with Gasteiger partial charge in [-0.25, -0.2) is 5.01 Å². The van der Waals surface area contributed by atoms with Crippen molar-refractivity contribution in [3.05, 3.63) is 30.3 Å². The quantitative estimate of drug-likeness (QED) is 0.863. The van der Waals surface area contributed by atoms with E-state index in [1.165, 1.54) is 6.42 Å². The normalized spacial score (nSPS) is 27.3. The summed E-state index contributed by atoms with van der Waals surface area (Å²) in [6.07, 6.45) is 1.21. The van der Waals surface area contributed by atoms with Gasteiger partial charge in [0.1, 0.15) is 0 Å². The van der Waals surface area contributed by atoms with Gasteiger partial charge in [-0.15, -0.1) is 5.10 Å². The summed E-state index contributed by atoms with van der Waals surface area (Å²) in [6.45, 7) is 3.56. The molecular weight excluding hydrogens is 292 g/mol. The van der Waals surface area contributed by atoms with Crippen LogP contribution in [0.4, 0.5) is 5.95 Å². The monoisotopic (exact) mass is 312 g/mol. The molecule has 7 heteroatoms. The van der Waals surface area contributed by atoms with E-state index in [0.29, 0.717) is 18.1 Å². The summed E-state index contributed by atoms with van der Waals surface area (Å²) in [5.74, 6) is 1.57. The first kappa shape index (κ1) is 13.5. The second-order valence-electron chi connectivity index (χ2n) is 6.50. The van der Waals surface area contributed by atoms with Crippen LogP contribution in [0.15, 0.2) is 30.3 Å². The molecule has 0 spiro atoms. The lowest BCUT2D eigenvalue weighted by atomic mass is 10.2. The predicted octanol–water partition coefficient (Wildman–Crippen LogP) is 0.638. The fourth-order valence-corrected chi connectivity index (χ4v) is 3.74. The second-order valence-corrected chi connectivity index (χ2v) is 6.50. The molecule has 0 saturated carbocycles. The minimum atomic E-state index is 0.341. The lowest BCUT2D eigenvalue weighted by molar-refractivity contribution is -0.0195. The molecule has 0 aliphatic carbocycles. The fourth-order valence-electron chi connectivity index (χ4n) is 3.74. The van der Waals surface area contributed by atoms with E-state index in [-0.39, 0.29) is 0 Å². The van der Waals surface area contributed by atoms with Crippen LogP contribution in [0.1, 0.15) is 6.42 Å². The first-order valence-corrected chi connectivity index (χ1v) is 8.23. The Kier molecular flexibility index (Phi) is 3.10. The second kappa shape index (κ2) is 5.30. The molecular formula is C16H20N6O. The largest absolute Gasteiger partial charge is 0.377 e. The van der Waals surface area contributed by atoms with Gasteiger partial charge >= 0.3 is 0 Å². The third kappa shape index (κ3) is 2.23. The molecule has 5 rings (SSSR count). The Morgan fingerprint density at radius 3 is 2.74 bits per heavy atom. The van der Waals surface area contributed by atoms with Crippen LogP contribution in [0.5, 0.6) is 0 Å². The van der Waals surface area contributed by atoms with Crippen molar-refractivity contribution in [2.24, 2.45) is 0 Å². The van der Waals surface area contributed by atoms with Gasteiger partial charge in [0.05, 0.1) is 19.3 Å². The van der Waals surface area contributed by atoms with Crippen LogP contribution in [0.25, 0.3) is 11.4 Å². The van der Waals surface area contributed by atoms with E-state index >= 15 is 0 Å². The highest BCUT2D eigenvalue weighted by Crippen LogP contribution is 2.31. The van der Waals surface area contributed by atoms with Crippen LogP contribution in [0.2, 0.25) is 0 Å². The Hall–Kier alpha value is -1.96. The number of ether oxygens (including phenoxy) is 1. The zero-order valence-corrected chi connectivity index (χ0v) is 12.9. The van der Waals surface area contributed by atoms with Gasteiger partial charge in [0, 0.05) is 30.7 Å². The summed E-state index contributed by atoms with van der Waals surface area (Å²) in [7, 11) is 0. The number of hydrogen-bond donors (Lipinski definition) is 2. The molecule has 2 aromatic rings. The number of nitrogens with one attached hydrogen (secondary N) is 2. The van der Waals surface area contributed by atoms with Crippen molar-refractivity contribution in [1.82, 2.24) is 25.5 Å². The van der Waals surface area contributed by atoms with Gasteiger partial charge in [-0.2, -0.15) is 4.98 Å². The Labute approximate surface area is 134 Å². The van der Waals surface area contributed by atoms with Gasteiger partial charge in [0.2, 0.25) is 0 Å². The molecule has 2 unspecified atom stereocenters. The van der Waals surface area contributed by atoms with E-state index in [4.69, 9.17) is 9.72 Å². The van der Waals surface area contributed by atoms with Crippen molar-refractivity contribution in [2.75, 3.05) is 31.3 Å². The van der Waals surface area contributed by atoms with Gasteiger partial charge in [-0.3, -0.25) is 10.1 Å². The number of fused-ring (bicyclic) bond motifs is 2. The summed E-state index contributed by atoms with van der Waals surface area (Å²) < 4.78 is 5.42. The van der Waals surface area contributed by atoms with Crippen LogP contribution < -0.4 is 10.3 Å². The van der Waals surface area contributed by atoms with Crippen molar-refractivity contribution < 1.29 is 4.74 Å². The van der Waals surface area contributed by atoms with Crippen molar-refractivity contribution in [3.8, 4) is 11.4 Å². The van der Waals surface area contributed by atoms with Crippen molar-refractivity contribution in [1.29, 1.82) is 0 Å². The third-order valence-corrected chi connectivity index (χ3v) is 5.00. The Bertz CT molecular complexity index is 685. The molecule has 3 aliphatic rings. The minimum Gasteiger partial charge on any atom is -0.377 e. The molecule has 2 atom stereocenters. The molecule has 23 heavy (non-hydrogen) atoms. The number of aromatic amines is 1. The number of aromatic nitrogens is 3. The molecule has 3 fully saturated rings. The SMILES string of the molecule is c1ccc(-c2nc(N(C3COC3)N3CC4CC3CN4)n[nH]2)cc1. The maximum absolute atomic E-state index is 5.42. The van der Waals surface area contributed by atoms with Gasteiger partial charge in [-0.05, 0) is 6.42 Å². The molecule has 7 nitrogen and oxygen atoms in total. The fraction of sp³-hybridized carbons (Fsp3) is 0.500. The maximum Gasteiger partial charge on any atom is 0.260 e. The number of piperazine rings is 1. The predicted molar refractivity (Wildman–Crippen MR) is 85.8 cm³/mol. The van der Waals surface area contributed by atoms with E-state index in [9.17, 15) is 0 Å². The van der Waals surface area contributed by atoms with E-state index in [0.717, 1.165) is 43.6 Å². The number of H-pyrrole nitrogens is 1. The van der Waals surface area contributed by atoms with Crippen molar-refractivity contribution >= 4 is 5.95 Å². The highest BCUT2D eigenvalue weighted by atomic mass is 16.5. The molecule has 1 aromatic carbocycles. The molecule has 4 heterocycles. The number of hydrazine groups is 1. The molecule has 3 aliphatic heterocycles. The zero-order valence-electron chi connectivity index (χ0n) is 12.9. The Morgan fingerprint density at radius 1 is 1.22 bits per heavy atom. The van der Waals surface area contributed by atoms with Gasteiger partial charge in [-0.1, -0.05) is 30.3 Å². The third-order valence-electron chi connectivity index (χ3n) is 5.00. The van der Waals surface area contributed by atoms with Crippen molar-refractivity contribution in [3.63, 3.8) is 0 Å². The molecule has 120 valence electrons. The molecule has 2 bridgehead atoms. The number of anilines is 1. The molecule has 2 N–H and O–H groups in total. The molecule has 3 saturated heterocycles. The van der Waals surface area contributed by atoms with Crippen LogP contribution in [0.3, 0.4) is 0 Å². The first-order chi connectivity index (χ1) is 11.4. The van der Waals surface area contributed by atoms with Gasteiger partial charge in [0.15, 0.2) is 5.82 Å². The maximum atomic E-state index is 5.42. The standard InChI is InChI=1S/C16H20N6O/c1-2-4-11(5-3-1)15-18-16(20-19-15)22(14-9-23-10-14)21-8-12-6-13(21)7-17-12/h1-5,12-14,17H,6-10H2,(H,18,19,20). The smallest absolute Gasteiger partial charge is 0.260 e. The number of nitrogens with zero attached hydrogens (tertiary/aromatic N) is 4. The average Bonchev–Trinajstić information content (AvgIpc) is 3.27. The summed E-state index contributed by atoms with van der Waals surface area (Å²) >= 11 is 0. The summed E-state index contributed by atoms with van der Waals surface area (Å²) in [6, 6.07) is 11.6. The lowest BCUT2D eigenvalue weighted by Crippen LogP contribution is -2.62. The van der Waals surface area contributed by atoms with E-state index in [1.807, 2.05) is 30.3 Å². The average molecular weight is 312 g/mol. The van der Waals surface area contributed by atoms with Gasteiger partial charge < -0.3 is 10.1 Å². The minimum absolute atomic E-state index is 0.341. The van der Waals surface area contributed by atoms with Crippen LogP contribution in [-0.4, -0.2) is 64.6 Å². The Morgan fingerprint density at radius 2 is 2.09 bits per heavy atom. The van der Waals surface area contributed by atoms with E-state index in [2.05, 4.69) is 25.5 Å². The molecule has 0 radical (unpaired) electrons. The molecule has 0 amide bonds. The van der Waals surface area contributed by atoms with E-state index in [1.54, 1.807) is 0 Å². The van der Waals surface area contributed by atoms with Crippen LogP contribution in [-0.2, 0) is 4.74 Å².